The van der Waals surface area contributed by atoms with Gasteiger partial charge in [-0.15, -0.1) is 0 Å². The first-order valence-corrected chi connectivity index (χ1v) is 7.21. The summed E-state index contributed by atoms with van der Waals surface area (Å²) >= 11 is 7.93. The lowest BCUT2D eigenvalue weighted by atomic mass is 10.1. The third-order valence-electron chi connectivity index (χ3n) is 2.84. The second-order valence-corrected chi connectivity index (χ2v) is 5.71. The van der Waals surface area contributed by atoms with Crippen molar-refractivity contribution in [2.45, 2.75) is 13.1 Å². The Balaban J connectivity index is 2.04. The van der Waals surface area contributed by atoms with Crippen LogP contribution in [0.1, 0.15) is 16.7 Å². The predicted molar refractivity (Wildman–Crippen MR) is 82.0 cm³/mol. The third kappa shape index (κ3) is 3.80. The molecule has 1 aromatic heterocycles. The molecule has 1 aromatic carbocycles. The molecule has 0 saturated carbocycles. The van der Waals surface area contributed by atoms with Gasteiger partial charge in [0, 0.05) is 23.7 Å². The van der Waals surface area contributed by atoms with Crippen LogP contribution in [0.25, 0.3) is 0 Å². The number of hydrogen-bond donors (Lipinski definition) is 2. The largest absolute Gasteiger partial charge is 0.384 e. The molecule has 0 bridgehead atoms. The quantitative estimate of drug-likeness (QED) is 0.656. The van der Waals surface area contributed by atoms with Crippen LogP contribution in [-0.2, 0) is 13.1 Å². The summed E-state index contributed by atoms with van der Waals surface area (Å²) < 4.78 is 0. The van der Waals surface area contributed by atoms with Crippen molar-refractivity contribution in [1.82, 2.24) is 4.90 Å². The Morgan fingerprint density at radius 1 is 1.37 bits per heavy atom. The highest BCUT2D eigenvalue weighted by atomic mass is 35.5. The van der Waals surface area contributed by atoms with E-state index >= 15 is 0 Å². The van der Waals surface area contributed by atoms with Gasteiger partial charge in [0.2, 0.25) is 0 Å². The molecule has 0 aliphatic heterocycles. The van der Waals surface area contributed by atoms with Gasteiger partial charge in [-0.25, -0.2) is 0 Å². The van der Waals surface area contributed by atoms with Crippen molar-refractivity contribution < 1.29 is 0 Å². The normalized spacial score (nSPS) is 10.9. The zero-order valence-electron chi connectivity index (χ0n) is 10.7. The van der Waals surface area contributed by atoms with Crippen molar-refractivity contribution in [3.63, 3.8) is 0 Å². The van der Waals surface area contributed by atoms with Gasteiger partial charge in [0.15, 0.2) is 0 Å². The Labute approximate surface area is 122 Å². The molecule has 0 saturated heterocycles. The van der Waals surface area contributed by atoms with Gasteiger partial charge in [-0.1, -0.05) is 23.7 Å². The lowest BCUT2D eigenvalue weighted by Gasteiger charge is -2.17. The zero-order chi connectivity index (χ0) is 13.8. The summed E-state index contributed by atoms with van der Waals surface area (Å²) in [7, 11) is 2.06. The second-order valence-electron chi connectivity index (χ2n) is 4.52. The molecule has 3 nitrogen and oxygen atoms in total. The first-order chi connectivity index (χ1) is 9.06. The van der Waals surface area contributed by atoms with Crippen LogP contribution in [0.4, 0.5) is 0 Å². The van der Waals surface area contributed by atoms with E-state index in [0.29, 0.717) is 10.6 Å². The van der Waals surface area contributed by atoms with E-state index in [2.05, 4.69) is 28.8 Å². The van der Waals surface area contributed by atoms with Crippen LogP contribution in [0.2, 0.25) is 5.02 Å². The third-order valence-corrected chi connectivity index (χ3v) is 3.92. The number of nitrogens with two attached hydrogens (primary N) is 1. The lowest BCUT2D eigenvalue weighted by molar-refractivity contribution is 0.319. The van der Waals surface area contributed by atoms with Crippen molar-refractivity contribution in [2.75, 3.05) is 7.05 Å². The molecule has 100 valence electrons. The Morgan fingerprint density at radius 3 is 2.74 bits per heavy atom. The van der Waals surface area contributed by atoms with Gasteiger partial charge in [0.05, 0.1) is 0 Å². The molecule has 5 heteroatoms. The van der Waals surface area contributed by atoms with Gasteiger partial charge in [0.25, 0.3) is 0 Å². The average molecular weight is 294 g/mol. The van der Waals surface area contributed by atoms with E-state index in [9.17, 15) is 0 Å². The minimum atomic E-state index is 0.0417. The molecule has 0 radical (unpaired) electrons. The molecule has 0 aliphatic carbocycles. The molecule has 0 atom stereocenters. The van der Waals surface area contributed by atoms with Crippen LogP contribution in [0, 0.1) is 5.41 Å². The maximum absolute atomic E-state index is 7.38. The highest BCUT2D eigenvalue weighted by Crippen LogP contribution is 2.20. The fourth-order valence-corrected chi connectivity index (χ4v) is 2.78. The summed E-state index contributed by atoms with van der Waals surface area (Å²) in [4.78, 5) is 2.21. The SMILES string of the molecule is CN(Cc1ccsc1)Cc1ccc(C(=N)N)cc1Cl. The van der Waals surface area contributed by atoms with Gasteiger partial charge < -0.3 is 5.73 Å². The highest BCUT2D eigenvalue weighted by molar-refractivity contribution is 7.07. The molecule has 0 spiro atoms. The number of rotatable bonds is 5. The Morgan fingerprint density at radius 2 is 2.16 bits per heavy atom. The van der Waals surface area contributed by atoms with Crippen molar-refractivity contribution in [2.24, 2.45) is 5.73 Å². The van der Waals surface area contributed by atoms with E-state index in [-0.39, 0.29) is 5.84 Å². The van der Waals surface area contributed by atoms with Crippen LogP contribution in [0.15, 0.2) is 35.0 Å². The van der Waals surface area contributed by atoms with Gasteiger partial charge in [-0.05, 0) is 41.1 Å². The van der Waals surface area contributed by atoms with Crippen molar-refractivity contribution in [3.8, 4) is 0 Å². The van der Waals surface area contributed by atoms with Crippen LogP contribution < -0.4 is 5.73 Å². The van der Waals surface area contributed by atoms with E-state index < -0.39 is 0 Å². The maximum Gasteiger partial charge on any atom is 0.122 e. The van der Waals surface area contributed by atoms with Crippen molar-refractivity contribution in [1.29, 1.82) is 5.41 Å². The number of nitrogens with zero attached hydrogens (tertiary/aromatic N) is 1. The second kappa shape index (κ2) is 6.19. The van der Waals surface area contributed by atoms with Gasteiger partial charge in [-0.3, -0.25) is 10.3 Å². The van der Waals surface area contributed by atoms with Gasteiger partial charge >= 0.3 is 0 Å². The van der Waals surface area contributed by atoms with E-state index in [1.165, 1.54) is 5.56 Å². The standard InChI is InChI=1S/C14H16ClN3S/c1-18(7-10-4-5-19-9-10)8-12-3-2-11(14(16)17)6-13(12)15/h2-6,9H,7-8H2,1H3,(H3,16,17). The Hall–Kier alpha value is -1.36. The minimum Gasteiger partial charge on any atom is -0.384 e. The fraction of sp³-hybridized carbons (Fsp3) is 0.214. The summed E-state index contributed by atoms with van der Waals surface area (Å²) in [5.41, 5.74) is 8.46. The molecular weight excluding hydrogens is 278 g/mol. The minimum absolute atomic E-state index is 0.0417. The maximum atomic E-state index is 7.38. The van der Waals surface area contributed by atoms with Crippen molar-refractivity contribution in [3.05, 3.63) is 56.7 Å². The number of thiophene rings is 1. The number of nitrogens with one attached hydrogen (secondary N) is 1. The lowest BCUT2D eigenvalue weighted by Crippen LogP contribution is -2.17. The highest BCUT2D eigenvalue weighted by Gasteiger charge is 2.07. The molecule has 2 aromatic rings. The first kappa shape index (κ1) is 14.1. The zero-order valence-corrected chi connectivity index (χ0v) is 12.3. The van der Waals surface area contributed by atoms with Crippen LogP contribution in [0.5, 0.6) is 0 Å². The molecule has 0 amide bonds. The Kier molecular flexibility index (Phi) is 4.58. The summed E-state index contributed by atoms with van der Waals surface area (Å²) in [6, 6.07) is 7.64. The number of halogens is 1. The van der Waals surface area contributed by atoms with E-state index in [1.54, 1.807) is 17.4 Å². The fourth-order valence-electron chi connectivity index (χ4n) is 1.88. The molecule has 19 heavy (non-hydrogen) atoms. The monoisotopic (exact) mass is 293 g/mol. The van der Waals surface area contributed by atoms with Gasteiger partial charge in [-0.2, -0.15) is 11.3 Å². The predicted octanol–water partition coefficient (Wildman–Crippen LogP) is 3.32. The Bertz CT molecular complexity index is 566. The number of nitrogen functional groups attached to an aromatic ring is 1. The summed E-state index contributed by atoms with van der Waals surface area (Å²) in [5.74, 6) is 0.0417. The van der Waals surface area contributed by atoms with E-state index in [4.69, 9.17) is 22.7 Å². The summed E-state index contributed by atoms with van der Waals surface area (Å²) in [6.45, 7) is 1.67. The number of benzene rings is 1. The molecule has 0 aliphatic rings. The van der Waals surface area contributed by atoms with Crippen LogP contribution in [0.3, 0.4) is 0 Å². The number of amidine groups is 1. The topological polar surface area (TPSA) is 53.1 Å². The smallest absolute Gasteiger partial charge is 0.122 e. The van der Waals surface area contributed by atoms with Crippen LogP contribution in [-0.4, -0.2) is 17.8 Å². The summed E-state index contributed by atoms with van der Waals surface area (Å²) in [5, 5.41) is 12.3. The molecule has 1 heterocycles. The summed E-state index contributed by atoms with van der Waals surface area (Å²) in [6.07, 6.45) is 0. The molecule has 3 N–H and O–H groups in total. The average Bonchev–Trinajstić information content (AvgIpc) is 2.84. The number of hydrogen-bond acceptors (Lipinski definition) is 3. The molecule has 0 fully saturated rings. The molecule has 0 unspecified atom stereocenters. The van der Waals surface area contributed by atoms with Crippen molar-refractivity contribution >= 4 is 28.8 Å². The van der Waals surface area contributed by atoms with E-state index in [1.807, 2.05) is 12.1 Å². The van der Waals surface area contributed by atoms with Crippen LogP contribution >= 0.6 is 22.9 Å². The van der Waals surface area contributed by atoms with E-state index in [0.717, 1.165) is 18.7 Å². The molecule has 2 rings (SSSR count). The molecular formula is C14H16ClN3S. The first-order valence-electron chi connectivity index (χ1n) is 5.88. The van der Waals surface area contributed by atoms with Gasteiger partial charge in [0.1, 0.15) is 5.84 Å².